The Morgan fingerprint density at radius 2 is 2.30 bits per heavy atom. The molecule has 7 nitrogen and oxygen atoms in total. The number of aromatic amines is 1. The third-order valence-corrected chi connectivity index (χ3v) is 3.93. The number of primary amides is 1. The molecule has 8 heteroatoms. The van der Waals surface area contributed by atoms with Crippen molar-refractivity contribution in [2.24, 2.45) is 5.73 Å². The standard InChI is InChI=1S/C15H14N4O3S/c16-14(21)11-6-9(7-17-11)12-8-23-15(18-12)19-13(20)4-3-10-2-1-5-22-10/h1-2,5-8,17H,3-4H2,(H2,16,21)(H,18,19,20). The summed E-state index contributed by atoms with van der Waals surface area (Å²) >= 11 is 1.32. The maximum Gasteiger partial charge on any atom is 0.265 e. The fourth-order valence-corrected chi connectivity index (χ4v) is 2.76. The Morgan fingerprint density at radius 3 is 3.00 bits per heavy atom. The van der Waals surface area contributed by atoms with Crippen LogP contribution in [-0.2, 0) is 11.2 Å². The first-order valence-electron chi connectivity index (χ1n) is 6.88. The van der Waals surface area contributed by atoms with Gasteiger partial charge < -0.3 is 20.5 Å². The maximum absolute atomic E-state index is 11.9. The van der Waals surface area contributed by atoms with E-state index in [4.69, 9.17) is 10.2 Å². The molecule has 0 aliphatic heterocycles. The topological polar surface area (TPSA) is 114 Å². The Balaban J connectivity index is 1.60. The van der Waals surface area contributed by atoms with Crippen molar-refractivity contribution < 1.29 is 14.0 Å². The van der Waals surface area contributed by atoms with E-state index in [0.717, 1.165) is 11.3 Å². The molecule has 0 aliphatic carbocycles. The zero-order valence-electron chi connectivity index (χ0n) is 12.0. The number of H-pyrrole nitrogens is 1. The predicted molar refractivity (Wildman–Crippen MR) is 86.1 cm³/mol. The number of amides is 2. The van der Waals surface area contributed by atoms with E-state index >= 15 is 0 Å². The third kappa shape index (κ3) is 3.67. The molecule has 3 rings (SSSR count). The molecule has 3 aromatic heterocycles. The predicted octanol–water partition coefficient (Wildman–Crippen LogP) is 2.40. The molecule has 0 spiro atoms. The molecule has 0 bridgehead atoms. The average Bonchev–Trinajstić information content (AvgIpc) is 3.26. The first-order valence-corrected chi connectivity index (χ1v) is 7.76. The highest BCUT2D eigenvalue weighted by Gasteiger charge is 2.11. The molecular formula is C15H14N4O3S. The molecule has 0 unspecified atom stereocenters. The zero-order chi connectivity index (χ0) is 16.2. The second kappa shape index (κ2) is 6.49. The van der Waals surface area contributed by atoms with Gasteiger partial charge in [-0.25, -0.2) is 4.98 Å². The smallest absolute Gasteiger partial charge is 0.265 e. The molecule has 0 saturated heterocycles. The Labute approximate surface area is 135 Å². The summed E-state index contributed by atoms with van der Waals surface area (Å²) in [5, 5.41) is 5.06. The summed E-state index contributed by atoms with van der Waals surface area (Å²) in [6.07, 6.45) is 4.09. The fourth-order valence-electron chi connectivity index (χ4n) is 2.02. The highest BCUT2D eigenvalue weighted by molar-refractivity contribution is 7.14. The normalized spacial score (nSPS) is 10.6. The van der Waals surface area contributed by atoms with Crippen molar-refractivity contribution in [2.75, 3.05) is 5.32 Å². The molecule has 0 aromatic carbocycles. The molecule has 23 heavy (non-hydrogen) atoms. The second-order valence-corrected chi connectivity index (χ2v) is 5.69. The first kappa shape index (κ1) is 15.0. The largest absolute Gasteiger partial charge is 0.469 e. The monoisotopic (exact) mass is 330 g/mol. The van der Waals surface area contributed by atoms with Crippen molar-refractivity contribution in [1.29, 1.82) is 0 Å². The number of hydrogen-bond acceptors (Lipinski definition) is 5. The van der Waals surface area contributed by atoms with Crippen molar-refractivity contribution in [3.05, 3.63) is 47.5 Å². The molecule has 3 heterocycles. The fraction of sp³-hybridized carbons (Fsp3) is 0.133. The lowest BCUT2D eigenvalue weighted by Crippen LogP contribution is -2.11. The number of nitrogens with one attached hydrogen (secondary N) is 2. The summed E-state index contributed by atoms with van der Waals surface area (Å²) in [5.74, 6) is 0.110. The number of furan rings is 1. The van der Waals surface area contributed by atoms with Crippen LogP contribution in [0, 0.1) is 0 Å². The van der Waals surface area contributed by atoms with Crippen LogP contribution in [0.5, 0.6) is 0 Å². The van der Waals surface area contributed by atoms with Crippen molar-refractivity contribution in [3.63, 3.8) is 0 Å². The number of thiazole rings is 1. The number of nitrogens with two attached hydrogens (primary N) is 1. The second-order valence-electron chi connectivity index (χ2n) is 4.83. The minimum absolute atomic E-state index is 0.130. The number of carbonyl (C=O) groups is 2. The Bertz CT molecular complexity index is 820. The van der Waals surface area contributed by atoms with Gasteiger partial charge in [0, 0.05) is 30.0 Å². The van der Waals surface area contributed by atoms with Crippen LogP contribution >= 0.6 is 11.3 Å². The van der Waals surface area contributed by atoms with E-state index < -0.39 is 5.91 Å². The summed E-state index contributed by atoms with van der Waals surface area (Å²) in [6.45, 7) is 0. The zero-order valence-corrected chi connectivity index (χ0v) is 12.9. The minimum atomic E-state index is -0.530. The van der Waals surface area contributed by atoms with Crippen LogP contribution in [-0.4, -0.2) is 21.8 Å². The summed E-state index contributed by atoms with van der Waals surface area (Å²) in [5.41, 5.74) is 6.92. The summed E-state index contributed by atoms with van der Waals surface area (Å²) in [6, 6.07) is 5.24. The van der Waals surface area contributed by atoms with Crippen LogP contribution in [0.1, 0.15) is 22.7 Å². The first-order chi connectivity index (χ1) is 11.1. The molecule has 118 valence electrons. The molecule has 2 amide bonds. The number of anilines is 1. The van der Waals surface area contributed by atoms with Crippen LogP contribution in [0.15, 0.2) is 40.5 Å². The van der Waals surface area contributed by atoms with Gasteiger partial charge in [0.25, 0.3) is 5.91 Å². The molecule has 0 radical (unpaired) electrons. The van der Waals surface area contributed by atoms with Crippen molar-refractivity contribution >= 4 is 28.3 Å². The van der Waals surface area contributed by atoms with Crippen LogP contribution in [0.25, 0.3) is 11.3 Å². The third-order valence-electron chi connectivity index (χ3n) is 3.17. The molecular weight excluding hydrogens is 316 g/mol. The number of carbonyl (C=O) groups excluding carboxylic acids is 2. The summed E-state index contributed by atoms with van der Waals surface area (Å²) in [4.78, 5) is 30.1. The van der Waals surface area contributed by atoms with E-state index in [1.807, 2.05) is 6.07 Å². The minimum Gasteiger partial charge on any atom is -0.469 e. The molecule has 0 saturated carbocycles. The van der Waals surface area contributed by atoms with Gasteiger partial charge in [-0.15, -0.1) is 11.3 Å². The number of hydrogen-bond donors (Lipinski definition) is 3. The average molecular weight is 330 g/mol. The summed E-state index contributed by atoms with van der Waals surface area (Å²) in [7, 11) is 0. The van der Waals surface area contributed by atoms with Crippen molar-refractivity contribution in [2.45, 2.75) is 12.8 Å². The van der Waals surface area contributed by atoms with Gasteiger partial charge >= 0.3 is 0 Å². The van der Waals surface area contributed by atoms with Crippen molar-refractivity contribution in [1.82, 2.24) is 9.97 Å². The van der Waals surface area contributed by atoms with Gasteiger partial charge in [0.1, 0.15) is 11.5 Å². The van der Waals surface area contributed by atoms with Gasteiger partial charge in [-0.3, -0.25) is 9.59 Å². The van der Waals surface area contributed by atoms with E-state index in [1.54, 1.807) is 30.0 Å². The highest BCUT2D eigenvalue weighted by Crippen LogP contribution is 2.25. The van der Waals surface area contributed by atoms with Gasteiger partial charge in [0.2, 0.25) is 5.91 Å². The van der Waals surface area contributed by atoms with Crippen LogP contribution in [0.3, 0.4) is 0 Å². The SMILES string of the molecule is NC(=O)c1cc(-c2csc(NC(=O)CCc3ccco3)n2)c[nH]1. The number of aromatic nitrogens is 2. The lowest BCUT2D eigenvalue weighted by Gasteiger charge is -1.99. The lowest BCUT2D eigenvalue weighted by atomic mass is 10.2. The number of nitrogens with zero attached hydrogens (tertiary/aromatic N) is 1. The summed E-state index contributed by atoms with van der Waals surface area (Å²) < 4.78 is 5.18. The molecule has 4 N–H and O–H groups in total. The number of rotatable bonds is 6. The molecule has 0 aliphatic rings. The van der Waals surface area contributed by atoms with E-state index in [-0.39, 0.29) is 5.91 Å². The van der Waals surface area contributed by atoms with Crippen LogP contribution in [0.4, 0.5) is 5.13 Å². The van der Waals surface area contributed by atoms with E-state index in [0.29, 0.717) is 29.4 Å². The van der Waals surface area contributed by atoms with Gasteiger partial charge in [0.15, 0.2) is 5.13 Å². The van der Waals surface area contributed by atoms with Gasteiger partial charge in [-0.2, -0.15) is 0 Å². The van der Waals surface area contributed by atoms with E-state index in [9.17, 15) is 9.59 Å². The van der Waals surface area contributed by atoms with E-state index in [1.165, 1.54) is 11.3 Å². The van der Waals surface area contributed by atoms with Crippen LogP contribution in [0.2, 0.25) is 0 Å². The van der Waals surface area contributed by atoms with Gasteiger partial charge in [-0.1, -0.05) is 0 Å². The molecule has 0 fully saturated rings. The lowest BCUT2D eigenvalue weighted by molar-refractivity contribution is -0.116. The van der Waals surface area contributed by atoms with E-state index in [2.05, 4.69) is 15.3 Å². The Morgan fingerprint density at radius 1 is 1.43 bits per heavy atom. The Kier molecular flexibility index (Phi) is 4.24. The van der Waals surface area contributed by atoms with Gasteiger partial charge in [-0.05, 0) is 18.2 Å². The number of aryl methyl sites for hydroxylation is 1. The highest BCUT2D eigenvalue weighted by atomic mass is 32.1. The van der Waals surface area contributed by atoms with Gasteiger partial charge in [0.05, 0.1) is 12.0 Å². The van der Waals surface area contributed by atoms with Crippen molar-refractivity contribution in [3.8, 4) is 11.3 Å². The van der Waals surface area contributed by atoms with Crippen LogP contribution < -0.4 is 11.1 Å². The maximum atomic E-state index is 11.9. The molecule has 0 atom stereocenters. The Hall–Kier alpha value is -2.87. The molecule has 3 aromatic rings. The quantitative estimate of drug-likeness (QED) is 0.644.